The van der Waals surface area contributed by atoms with Crippen LogP contribution in [0.25, 0.3) is 11.3 Å². The van der Waals surface area contributed by atoms with E-state index in [1.54, 1.807) is 0 Å². The van der Waals surface area contributed by atoms with Crippen molar-refractivity contribution >= 4 is 5.91 Å². The number of rotatable bonds is 5. The summed E-state index contributed by atoms with van der Waals surface area (Å²) >= 11 is 0. The maximum atomic E-state index is 12.4. The fourth-order valence-electron chi connectivity index (χ4n) is 3.18. The largest absolute Gasteiger partial charge is 0.368 e. The number of carbonyl (C=O) groups is 1. The SMILES string of the molecule is CCc1onc(C)c1-c1cccc([C@@H]2CN(C(=O)CN(C)C)CCO2)n1. The van der Waals surface area contributed by atoms with Crippen molar-refractivity contribution in [1.82, 2.24) is 19.9 Å². The van der Waals surface area contributed by atoms with Crippen LogP contribution >= 0.6 is 0 Å². The zero-order valence-electron chi connectivity index (χ0n) is 15.9. The van der Waals surface area contributed by atoms with E-state index in [1.165, 1.54) is 0 Å². The van der Waals surface area contributed by atoms with Crippen molar-refractivity contribution in [2.75, 3.05) is 40.3 Å². The lowest BCUT2D eigenvalue weighted by atomic mass is 10.1. The lowest BCUT2D eigenvalue weighted by Crippen LogP contribution is -2.45. The average molecular weight is 358 g/mol. The number of carbonyl (C=O) groups excluding carboxylic acids is 1. The first-order valence-electron chi connectivity index (χ1n) is 8.96. The van der Waals surface area contributed by atoms with E-state index in [2.05, 4.69) is 5.16 Å². The normalized spacial score (nSPS) is 17.7. The van der Waals surface area contributed by atoms with Gasteiger partial charge in [-0.3, -0.25) is 4.79 Å². The summed E-state index contributed by atoms with van der Waals surface area (Å²) in [5.41, 5.74) is 3.44. The molecule has 2 aromatic rings. The molecule has 1 aliphatic rings. The number of hydrogen-bond donors (Lipinski definition) is 0. The zero-order chi connectivity index (χ0) is 18.7. The van der Waals surface area contributed by atoms with Crippen molar-refractivity contribution in [3.05, 3.63) is 35.3 Å². The van der Waals surface area contributed by atoms with Gasteiger partial charge in [-0.1, -0.05) is 18.1 Å². The van der Waals surface area contributed by atoms with E-state index in [1.807, 2.05) is 55.9 Å². The molecule has 3 rings (SSSR count). The van der Waals surface area contributed by atoms with Gasteiger partial charge in [0.1, 0.15) is 11.9 Å². The van der Waals surface area contributed by atoms with Crippen molar-refractivity contribution < 1.29 is 14.1 Å². The molecule has 0 N–H and O–H groups in total. The van der Waals surface area contributed by atoms with E-state index in [0.29, 0.717) is 26.2 Å². The van der Waals surface area contributed by atoms with Gasteiger partial charge in [0.2, 0.25) is 5.91 Å². The topological polar surface area (TPSA) is 71.7 Å². The second-order valence-electron chi connectivity index (χ2n) is 6.80. The molecule has 2 aromatic heterocycles. The van der Waals surface area contributed by atoms with E-state index in [9.17, 15) is 4.79 Å². The van der Waals surface area contributed by atoms with Gasteiger partial charge < -0.3 is 19.1 Å². The Morgan fingerprint density at radius 1 is 1.38 bits per heavy atom. The van der Waals surface area contributed by atoms with Gasteiger partial charge in [0.25, 0.3) is 0 Å². The van der Waals surface area contributed by atoms with Crippen LogP contribution in [0, 0.1) is 6.92 Å². The quantitative estimate of drug-likeness (QED) is 0.815. The predicted molar refractivity (Wildman–Crippen MR) is 97.7 cm³/mol. The molecule has 0 aromatic carbocycles. The molecular weight excluding hydrogens is 332 g/mol. The summed E-state index contributed by atoms with van der Waals surface area (Å²) in [5, 5.41) is 4.07. The number of morpholine rings is 1. The van der Waals surface area contributed by atoms with Gasteiger partial charge in [-0.2, -0.15) is 0 Å². The van der Waals surface area contributed by atoms with Crippen molar-refractivity contribution in [1.29, 1.82) is 0 Å². The summed E-state index contributed by atoms with van der Waals surface area (Å²) in [7, 11) is 3.79. The molecule has 1 saturated heterocycles. The molecule has 3 heterocycles. The standard InChI is InChI=1S/C19H26N4O3/c1-5-16-19(13(2)21-26-16)15-8-6-7-14(20-15)17-11-23(9-10-25-17)18(24)12-22(3)4/h6-8,17H,5,9-12H2,1-4H3/t17-/m0/s1. The third kappa shape index (κ3) is 3.94. The van der Waals surface area contributed by atoms with Gasteiger partial charge >= 0.3 is 0 Å². The van der Waals surface area contributed by atoms with E-state index >= 15 is 0 Å². The highest BCUT2D eigenvalue weighted by Gasteiger charge is 2.27. The van der Waals surface area contributed by atoms with Crippen LogP contribution < -0.4 is 0 Å². The molecule has 0 bridgehead atoms. The summed E-state index contributed by atoms with van der Waals surface area (Å²) in [6, 6.07) is 5.87. The number of aryl methyl sites for hydroxylation is 2. The summed E-state index contributed by atoms with van der Waals surface area (Å²) in [6.07, 6.45) is 0.537. The number of ether oxygens (including phenoxy) is 1. The van der Waals surface area contributed by atoms with E-state index < -0.39 is 0 Å². The minimum Gasteiger partial charge on any atom is -0.368 e. The molecule has 0 aliphatic carbocycles. The van der Waals surface area contributed by atoms with E-state index in [4.69, 9.17) is 14.2 Å². The maximum Gasteiger partial charge on any atom is 0.236 e. The highest BCUT2D eigenvalue weighted by atomic mass is 16.5. The number of amides is 1. The highest BCUT2D eigenvalue weighted by Crippen LogP contribution is 2.28. The van der Waals surface area contributed by atoms with Gasteiger partial charge in [0.15, 0.2) is 0 Å². The third-order valence-electron chi connectivity index (χ3n) is 4.48. The van der Waals surface area contributed by atoms with Crippen LogP contribution in [0.4, 0.5) is 0 Å². The van der Waals surface area contributed by atoms with Gasteiger partial charge in [-0.15, -0.1) is 0 Å². The van der Waals surface area contributed by atoms with Crippen molar-refractivity contribution in [2.45, 2.75) is 26.4 Å². The Labute approximate surface area is 153 Å². The summed E-state index contributed by atoms with van der Waals surface area (Å²) in [6.45, 7) is 6.01. The predicted octanol–water partition coefficient (Wildman–Crippen LogP) is 2.07. The smallest absolute Gasteiger partial charge is 0.236 e. The molecular formula is C19H26N4O3. The molecule has 0 radical (unpaired) electrons. The van der Waals surface area contributed by atoms with Crippen LogP contribution in [-0.2, 0) is 16.0 Å². The number of aromatic nitrogens is 2. The van der Waals surface area contributed by atoms with E-state index in [-0.39, 0.29) is 12.0 Å². The van der Waals surface area contributed by atoms with Crippen molar-refractivity contribution in [2.24, 2.45) is 0 Å². The minimum atomic E-state index is -0.222. The van der Waals surface area contributed by atoms with Crippen LogP contribution in [0.15, 0.2) is 22.7 Å². The minimum absolute atomic E-state index is 0.114. The molecule has 26 heavy (non-hydrogen) atoms. The fraction of sp³-hybridized carbons (Fsp3) is 0.526. The van der Waals surface area contributed by atoms with Crippen LogP contribution in [0.2, 0.25) is 0 Å². The van der Waals surface area contributed by atoms with Crippen LogP contribution in [0.3, 0.4) is 0 Å². The number of hydrogen-bond acceptors (Lipinski definition) is 6. The molecule has 7 heteroatoms. The zero-order valence-corrected chi connectivity index (χ0v) is 15.9. The second kappa shape index (κ2) is 7.97. The fourth-order valence-corrected chi connectivity index (χ4v) is 3.18. The molecule has 1 aliphatic heterocycles. The molecule has 0 saturated carbocycles. The highest BCUT2D eigenvalue weighted by molar-refractivity contribution is 5.78. The Morgan fingerprint density at radius 3 is 2.92 bits per heavy atom. The van der Waals surface area contributed by atoms with Crippen LogP contribution in [0.5, 0.6) is 0 Å². The van der Waals surface area contributed by atoms with Gasteiger partial charge in [0.05, 0.1) is 42.3 Å². The molecule has 1 amide bonds. The Hall–Kier alpha value is -2.25. The Bertz CT molecular complexity index is 772. The summed E-state index contributed by atoms with van der Waals surface area (Å²) in [5.74, 6) is 0.946. The van der Waals surface area contributed by atoms with Crippen LogP contribution in [0.1, 0.15) is 30.2 Å². The lowest BCUT2D eigenvalue weighted by molar-refractivity contribution is -0.139. The second-order valence-corrected chi connectivity index (χ2v) is 6.80. The van der Waals surface area contributed by atoms with Crippen LogP contribution in [-0.4, -0.2) is 66.2 Å². The average Bonchev–Trinajstić information content (AvgIpc) is 3.02. The van der Waals surface area contributed by atoms with Gasteiger partial charge in [-0.25, -0.2) is 4.98 Å². The number of pyridine rings is 1. The maximum absolute atomic E-state index is 12.4. The third-order valence-corrected chi connectivity index (χ3v) is 4.48. The molecule has 0 unspecified atom stereocenters. The first-order valence-corrected chi connectivity index (χ1v) is 8.96. The first-order chi connectivity index (χ1) is 12.5. The lowest BCUT2D eigenvalue weighted by Gasteiger charge is -2.33. The molecule has 0 spiro atoms. The van der Waals surface area contributed by atoms with Gasteiger partial charge in [-0.05, 0) is 33.2 Å². The molecule has 1 fully saturated rings. The Balaban J connectivity index is 1.81. The van der Waals surface area contributed by atoms with Crippen molar-refractivity contribution in [3.63, 3.8) is 0 Å². The molecule has 1 atom stereocenters. The molecule has 140 valence electrons. The monoisotopic (exact) mass is 358 g/mol. The Morgan fingerprint density at radius 2 is 2.19 bits per heavy atom. The summed E-state index contributed by atoms with van der Waals surface area (Å²) in [4.78, 5) is 20.9. The Kier molecular flexibility index (Phi) is 5.68. The van der Waals surface area contributed by atoms with Crippen molar-refractivity contribution in [3.8, 4) is 11.3 Å². The van der Waals surface area contributed by atoms with Gasteiger partial charge in [0, 0.05) is 13.0 Å². The number of likely N-dealkylation sites (N-methyl/N-ethyl adjacent to an activating group) is 1. The first kappa shape index (κ1) is 18.5. The number of nitrogens with zero attached hydrogens (tertiary/aromatic N) is 4. The van der Waals surface area contributed by atoms with E-state index in [0.717, 1.165) is 34.8 Å². The molecule has 7 nitrogen and oxygen atoms in total. The summed E-state index contributed by atoms with van der Waals surface area (Å²) < 4.78 is 11.3.